The molecule has 0 radical (unpaired) electrons. The largest absolute Gasteiger partial charge is 0.396 e. The molecule has 0 heterocycles. The number of aliphatic hydroxyl groups is 1. The van der Waals surface area contributed by atoms with E-state index in [4.69, 9.17) is 0 Å². The molecule has 1 aliphatic rings. The fourth-order valence-corrected chi connectivity index (χ4v) is 2.13. The molecule has 1 atom stereocenters. The number of hydrogen-bond donors (Lipinski definition) is 2. The van der Waals surface area contributed by atoms with Crippen molar-refractivity contribution in [1.29, 1.82) is 0 Å². The van der Waals surface area contributed by atoms with Crippen LogP contribution in [0.3, 0.4) is 0 Å². The normalized spacial score (nSPS) is 19.0. The summed E-state index contributed by atoms with van der Waals surface area (Å²) in [7, 11) is 0. The summed E-state index contributed by atoms with van der Waals surface area (Å²) < 4.78 is 13.1. The van der Waals surface area contributed by atoms with Gasteiger partial charge in [-0.2, -0.15) is 0 Å². The van der Waals surface area contributed by atoms with Gasteiger partial charge >= 0.3 is 0 Å². The fraction of sp³-hybridized carbons (Fsp3) is 0.571. The van der Waals surface area contributed by atoms with Crippen molar-refractivity contribution in [3.05, 3.63) is 35.6 Å². The SMILES string of the molecule is CCC(NCC1(CO)CC1)c1cccc(F)c1. The second-order valence-corrected chi connectivity index (χ2v) is 5.05. The first kappa shape index (κ1) is 12.5. The van der Waals surface area contributed by atoms with E-state index in [9.17, 15) is 9.50 Å². The molecule has 1 aliphatic carbocycles. The second kappa shape index (κ2) is 5.15. The molecule has 2 nitrogen and oxygen atoms in total. The molecule has 94 valence electrons. The summed E-state index contributed by atoms with van der Waals surface area (Å²) in [5, 5.41) is 12.7. The summed E-state index contributed by atoms with van der Waals surface area (Å²) >= 11 is 0. The van der Waals surface area contributed by atoms with E-state index >= 15 is 0 Å². The van der Waals surface area contributed by atoms with E-state index in [0.29, 0.717) is 0 Å². The molecule has 1 aromatic carbocycles. The second-order valence-electron chi connectivity index (χ2n) is 5.05. The summed E-state index contributed by atoms with van der Waals surface area (Å²) in [6.45, 7) is 3.15. The van der Waals surface area contributed by atoms with Crippen LogP contribution in [0.5, 0.6) is 0 Å². The van der Waals surface area contributed by atoms with Crippen LogP contribution >= 0.6 is 0 Å². The summed E-state index contributed by atoms with van der Waals surface area (Å²) in [5.41, 5.74) is 1.09. The van der Waals surface area contributed by atoms with Crippen molar-refractivity contribution in [2.75, 3.05) is 13.2 Å². The minimum Gasteiger partial charge on any atom is -0.396 e. The highest BCUT2D eigenvalue weighted by atomic mass is 19.1. The molecule has 3 heteroatoms. The lowest BCUT2D eigenvalue weighted by Gasteiger charge is -2.21. The van der Waals surface area contributed by atoms with E-state index in [-0.39, 0.29) is 23.9 Å². The third-order valence-electron chi connectivity index (χ3n) is 3.68. The molecule has 1 fully saturated rings. The molecular formula is C14H20FNO. The maximum Gasteiger partial charge on any atom is 0.123 e. The van der Waals surface area contributed by atoms with Gasteiger partial charge in [0.15, 0.2) is 0 Å². The zero-order chi connectivity index (χ0) is 12.3. The molecule has 0 aliphatic heterocycles. The lowest BCUT2D eigenvalue weighted by Crippen LogP contribution is -2.30. The van der Waals surface area contributed by atoms with Crippen molar-refractivity contribution >= 4 is 0 Å². The fourth-order valence-electron chi connectivity index (χ4n) is 2.13. The Morgan fingerprint density at radius 3 is 2.76 bits per heavy atom. The lowest BCUT2D eigenvalue weighted by atomic mass is 10.0. The Labute approximate surface area is 102 Å². The predicted molar refractivity (Wildman–Crippen MR) is 66.2 cm³/mol. The van der Waals surface area contributed by atoms with Crippen LogP contribution in [0.4, 0.5) is 4.39 Å². The minimum atomic E-state index is -0.189. The maximum absolute atomic E-state index is 13.1. The van der Waals surface area contributed by atoms with Gasteiger partial charge in [0.2, 0.25) is 0 Å². The standard InChI is InChI=1S/C14H20FNO/c1-2-13(11-4-3-5-12(15)8-11)16-9-14(10-17)6-7-14/h3-5,8,13,16-17H,2,6-7,9-10H2,1H3. The van der Waals surface area contributed by atoms with Crippen molar-refractivity contribution in [3.63, 3.8) is 0 Å². The van der Waals surface area contributed by atoms with E-state index in [1.165, 1.54) is 6.07 Å². The number of benzene rings is 1. The average molecular weight is 237 g/mol. The van der Waals surface area contributed by atoms with Crippen LogP contribution in [0.2, 0.25) is 0 Å². The molecular weight excluding hydrogens is 217 g/mol. The molecule has 0 amide bonds. The maximum atomic E-state index is 13.1. The third-order valence-corrected chi connectivity index (χ3v) is 3.68. The molecule has 1 saturated carbocycles. The predicted octanol–water partition coefficient (Wildman–Crippen LogP) is 2.64. The highest BCUT2D eigenvalue weighted by Crippen LogP contribution is 2.44. The van der Waals surface area contributed by atoms with Crippen molar-refractivity contribution < 1.29 is 9.50 Å². The van der Waals surface area contributed by atoms with Crippen molar-refractivity contribution in [2.45, 2.75) is 32.2 Å². The lowest BCUT2D eigenvalue weighted by molar-refractivity contribution is 0.203. The smallest absolute Gasteiger partial charge is 0.123 e. The Kier molecular flexibility index (Phi) is 3.79. The minimum absolute atomic E-state index is 0.0980. The Morgan fingerprint density at radius 1 is 1.47 bits per heavy atom. The van der Waals surface area contributed by atoms with Crippen molar-refractivity contribution in [3.8, 4) is 0 Å². The van der Waals surface area contributed by atoms with E-state index in [0.717, 1.165) is 31.4 Å². The number of aliphatic hydroxyl groups excluding tert-OH is 1. The first-order chi connectivity index (χ1) is 8.19. The molecule has 0 bridgehead atoms. The van der Waals surface area contributed by atoms with Gasteiger partial charge < -0.3 is 10.4 Å². The zero-order valence-corrected chi connectivity index (χ0v) is 10.2. The number of nitrogens with one attached hydrogen (secondary N) is 1. The van der Waals surface area contributed by atoms with Gasteiger partial charge in [-0.05, 0) is 37.0 Å². The third kappa shape index (κ3) is 3.05. The molecule has 1 unspecified atom stereocenters. The molecule has 0 aromatic heterocycles. The summed E-state index contributed by atoms with van der Waals surface area (Å²) in [6, 6.07) is 6.91. The van der Waals surface area contributed by atoms with Crippen LogP contribution in [0.25, 0.3) is 0 Å². The van der Waals surface area contributed by atoms with Crippen LogP contribution < -0.4 is 5.32 Å². The zero-order valence-electron chi connectivity index (χ0n) is 10.2. The average Bonchev–Trinajstić information content (AvgIpc) is 3.11. The Balaban J connectivity index is 1.97. The summed E-state index contributed by atoms with van der Waals surface area (Å²) in [6.07, 6.45) is 3.11. The van der Waals surface area contributed by atoms with Gasteiger partial charge in [-0.1, -0.05) is 19.1 Å². The van der Waals surface area contributed by atoms with E-state index in [1.54, 1.807) is 12.1 Å². The Bertz CT molecular complexity index is 376. The van der Waals surface area contributed by atoms with Crippen LogP contribution in [0, 0.1) is 11.2 Å². The van der Waals surface area contributed by atoms with E-state index in [2.05, 4.69) is 12.2 Å². The van der Waals surface area contributed by atoms with Gasteiger partial charge in [-0.25, -0.2) is 4.39 Å². The molecule has 2 rings (SSSR count). The number of rotatable bonds is 6. The van der Waals surface area contributed by atoms with E-state index in [1.807, 2.05) is 6.07 Å². The molecule has 0 spiro atoms. The monoisotopic (exact) mass is 237 g/mol. The molecule has 0 saturated heterocycles. The van der Waals surface area contributed by atoms with Crippen LogP contribution in [0.15, 0.2) is 24.3 Å². The highest BCUT2D eigenvalue weighted by Gasteiger charge is 2.41. The van der Waals surface area contributed by atoms with Gasteiger partial charge in [0.1, 0.15) is 5.82 Å². The highest BCUT2D eigenvalue weighted by molar-refractivity contribution is 5.20. The Morgan fingerprint density at radius 2 is 2.24 bits per heavy atom. The van der Waals surface area contributed by atoms with Gasteiger partial charge in [0.05, 0.1) is 0 Å². The molecule has 17 heavy (non-hydrogen) atoms. The van der Waals surface area contributed by atoms with Crippen molar-refractivity contribution in [2.24, 2.45) is 5.41 Å². The van der Waals surface area contributed by atoms with E-state index < -0.39 is 0 Å². The van der Waals surface area contributed by atoms with Gasteiger partial charge in [-0.15, -0.1) is 0 Å². The summed E-state index contributed by atoms with van der Waals surface area (Å²) in [5.74, 6) is -0.189. The molecule has 2 N–H and O–H groups in total. The Hall–Kier alpha value is -0.930. The van der Waals surface area contributed by atoms with Crippen LogP contribution in [0.1, 0.15) is 37.8 Å². The van der Waals surface area contributed by atoms with Crippen LogP contribution in [-0.2, 0) is 0 Å². The topological polar surface area (TPSA) is 32.3 Å². The first-order valence-corrected chi connectivity index (χ1v) is 6.29. The summed E-state index contributed by atoms with van der Waals surface area (Å²) in [4.78, 5) is 0. The first-order valence-electron chi connectivity index (χ1n) is 6.29. The van der Waals surface area contributed by atoms with Crippen LogP contribution in [-0.4, -0.2) is 18.3 Å². The van der Waals surface area contributed by atoms with Gasteiger partial charge in [0.25, 0.3) is 0 Å². The van der Waals surface area contributed by atoms with Gasteiger partial charge in [-0.3, -0.25) is 0 Å². The molecule has 1 aromatic rings. The van der Waals surface area contributed by atoms with Crippen molar-refractivity contribution in [1.82, 2.24) is 5.32 Å². The van der Waals surface area contributed by atoms with Gasteiger partial charge in [0, 0.05) is 24.6 Å². The number of halogens is 1. The number of hydrogen-bond acceptors (Lipinski definition) is 2. The quantitative estimate of drug-likeness (QED) is 0.797.